The van der Waals surface area contributed by atoms with Crippen LogP contribution >= 0.6 is 24.0 Å². The van der Waals surface area contributed by atoms with Gasteiger partial charge in [0, 0.05) is 26.7 Å². The number of hydrogen-bond donors (Lipinski definition) is 2. The maximum Gasteiger partial charge on any atom is 0.191 e. The van der Waals surface area contributed by atoms with Crippen molar-refractivity contribution in [3.63, 3.8) is 0 Å². The smallest absolute Gasteiger partial charge is 0.191 e. The zero-order valence-corrected chi connectivity index (χ0v) is 16.1. The average Bonchev–Trinajstić information content (AvgIpc) is 2.52. The van der Waals surface area contributed by atoms with Gasteiger partial charge in [-0.2, -0.15) is 0 Å². The van der Waals surface area contributed by atoms with Gasteiger partial charge in [-0.15, -0.1) is 24.0 Å². The Kier molecular flexibility index (Phi) is 13.8. The second-order valence-electron chi connectivity index (χ2n) is 4.69. The summed E-state index contributed by atoms with van der Waals surface area (Å²) in [5.74, 6) is 1.25. The summed E-state index contributed by atoms with van der Waals surface area (Å²) in [5.41, 5.74) is 0. The van der Waals surface area contributed by atoms with Gasteiger partial charge in [-0.05, 0) is 44.0 Å². The van der Waals surface area contributed by atoms with E-state index < -0.39 is 0 Å². The zero-order valence-electron chi connectivity index (χ0n) is 13.8. The lowest BCUT2D eigenvalue weighted by Crippen LogP contribution is -2.39. The largest absolute Gasteiger partial charge is 0.494 e. The van der Waals surface area contributed by atoms with Crippen LogP contribution in [0.1, 0.15) is 19.8 Å². The number of methoxy groups -OCH3 is 1. The summed E-state index contributed by atoms with van der Waals surface area (Å²) >= 11 is 0. The number of benzene rings is 1. The molecule has 0 aliphatic rings. The Morgan fingerprint density at radius 2 is 1.87 bits per heavy atom. The normalized spacial score (nSPS) is 10.8. The minimum atomic E-state index is -0.251. The second kappa shape index (κ2) is 14.5. The van der Waals surface area contributed by atoms with Crippen LogP contribution in [0.3, 0.4) is 0 Å². The second-order valence-corrected chi connectivity index (χ2v) is 4.69. The van der Waals surface area contributed by atoms with Crippen molar-refractivity contribution in [2.75, 3.05) is 40.0 Å². The number of nitrogens with zero attached hydrogens (tertiary/aromatic N) is 1. The van der Waals surface area contributed by atoms with Gasteiger partial charge in [0.2, 0.25) is 0 Å². The molecule has 0 spiro atoms. The Morgan fingerprint density at radius 1 is 1.13 bits per heavy atom. The third kappa shape index (κ3) is 11.1. The van der Waals surface area contributed by atoms with Gasteiger partial charge in [-0.25, -0.2) is 4.39 Å². The summed E-state index contributed by atoms with van der Waals surface area (Å²) in [5, 5.41) is 6.37. The highest BCUT2D eigenvalue weighted by Crippen LogP contribution is 2.11. The number of guanidine groups is 1. The van der Waals surface area contributed by atoms with Gasteiger partial charge in [-0.1, -0.05) is 0 Å². The highest BCUT2D eigenvalue weighted by atomic mass is 127. The highest BCUT2D eigenvalue weighted by Gasteiger charge is 1.97. The molecule has 0 heterocycles. The number of rotatable bonds is 10. The van der Waals surface area contributed by atoms with E-state index in [2.05, 4.69) is 15.6 Å². The summed E-state index contributed by atoms with van der Waals surface area (Å²) in [4.78, 5) is 4.48. The van der Waals surface area contributed by atoms with Crippen LogP contribution in [-0.4, -0.2) is 45.9 Å². The molecule has 0 unspecified atom stereocenters. The van der Waals surface area contributed by atoms with Crippen LogP contribution in [0.5, 0.6) is 5.75 Å². The predicted molar refractivity (Wildman–Crippen MR) is 102 cm³/mol. The minimum Gasteiger partial charge on any atom is -0.494 e. The molecule has 5 nitrogen and oxygen atoms in total. The number of halogens is 2. The Labute approximate surface area is 155 Å². The molecular formula is C16H27FIN3O2. The van der Waals surface area contributed by atoms with Crippen molar-refractivity contribution in [2.24, 2.45) is 4.99 Å². The van der Waals surface area contributed by atoms with Crippen molar-refractivity contribution in [2.45, 2.75) is 19.8 Å². The van der Waals surface area contributed by atoms with Gasteiger partial charge in [-0.3, -0.25) is 4.99 Å². The molecule has 0 fully saturated rings. The van der Waals surface area contributed by atoms with E-state index in [-0.39, 0.29) is 29.8 Å². The lowest BCUT2D eigenvalue weighted by atomic mass is 10.3. The van der Waals surface area contributed by atoms with Gasteiger partial charge in [0.1, 0.15) is 11.6 Å². The predicted octanol–water partition coefficient (Wildman–Crippen LogP) is 2.80. The van der Waals surface area contributed by atoms with Gasteiger partial charge in [0.05, 0.1) is 13.2 Å². The Bertz CT molecular complexity index is 430. The summed E-state index contributed by atoms with van der Waals surface area (Å²) < 4.78 is 23.3. The SMILES string of the molecule is CCNC(=NCCCCOc1ccc(F)cc1)NCCOC.I. The third-order valence-electron chi connectivity index (χ3n) is 2.85. The van der Waals surface area contributed by atoms with E-state index in [4.69, 9.17) is 9.47 Å². The fraction of sp³-hybridized carbons (Fsp3) is 0.562. The van der Waals surface area contributed by atoms with E-state index in [1.807, 2.05) is 6.92 Å². The first kappa shape index (κ1) is 21.9. The molecule has 0 aromatic heterocycles. The lowest BCUT2D eigenvalue weighted by Gasteiger charge is -2.10. The van der Waals surface area contributed by atoms with Gasteiger partial charge in [0.15, 0.2) is 5.96 Å². The fourth-order valence-corrected chi connectivity index (χ4v) is 1.74. The van der Waals surface area contributed by atoms with Crippen LogP contribution in [0.25, 0.3) is 0 Å². The average molecular weight is 439 g/mol. The van der Waals surface area contributed by atoms with Crippen molar-refractivity contribution >= 4 is 29.9 Å². The molecule has 0 radical (unpaired) electrons. The molecule has 0 aliphatic heterocycles. The monoisotopic (exact) mass is 439 g/mol. The number of unbranched alkanes of at least 4 members (excludes halogenated alkanes) is 1. The van der Waals surface area contributed by atoms with E-state index in [9.17, 15) is 4.39 Å². The molecule has 0 bridgehead atoms. The van der Waals surface area contributed by atoms with Crippen LogP contribution in [-0.2, 0) is 4.74 Å². The summed E-state index contributed by atoms with van der Waals surface area (Å²) in [6.07, 6.45) is 1.83. The van der Waals surface area contributed by atoms with Crippen LogP contribution in [0.2, 0.25) is 0 Å². The molecule has 7 heteroatoms. The molecule has 23 heavy (non-hydrogen) atoms. The summed E-state index contributed by atoms with van der Waals surface area (Å²) in [6, 6.07) is 6.06. The van der Waals surface area contributed by atoms with Gasteiger partial charge >= 0.3 is 0 Å². The molecule has 0 amide bonds. The lowest BCUT2D eigenvalue weighted by molar-refractivity contribution is 0.203. The van der Waals surface area contributed by atoms with Crippen molar-refractivity contribution < 1.29 is 13.9 Å². The number of ether oxygens (including phenoxy) is 2. The van der Waals surface area contributed by atoms with Crippen LogP contribution in [0, 0.1) is 5.82 Å². The molecule has 0 atom stereocenters. The molecule has 1 aromatic rings. The summed E-state index contributed by atoms with van der Waals surface area (Å²) in [6.45, 7) is 5.58. The Morgan fingerprint density at radius 3 is 2.52 bits per heavy atom. The first-order chi connectivity index (χ1) is 10.8. The standard InChI is InChI=1S/C16H26FN3O2.HI/c1-3-18-16(20-11-13-21-2)19-10-4-5-12-22-15-8-6-14(17)7-9-15;/h6-9H,3-5,10-13H2,1-2H3,(H2,18,19,20);1H. The van der Waals surface area contributed by atoms with Crippen molar-refractivity contribution in [3.05, 3.63) is 30.1 Å². The third-order valence-corrected chi connectivity index (χ3v) is 2.85. The topological polar surface area (TPSA) is 54.9 Å². The Hall–Kier alpha value is -1.09. The molecule has 0 saturated carbocycles. The first-order valence-electron chi connectivity index (χ1n) is 7.65. The molecular weight excluding hydrogens is 412 g/mol. The van der Waals surface area contributed by atoms with Crippen LogP contribution < -0.4 is 15.4 Å². The Balaban J connectivity index is 0.00000484. The molecule has 2 N–H and O–H groups in total. The fourth-order valence-electron chi connectivity index (χ4n) is 1.74. The molecule has 0 saturated heterocycles. The summed E-state index contributed by atoms with van der Waals surface area (Å²) in [7, 11) is 1.67. The van der Waals surface area contributed by atoms with Crippen molar-refractivity contribution in [1.29, 1.82) is 0 Å². The maximum atomic E-state index is 12.7. The zero-order chi connectivity index (χ0) is 16.0. The van der Waals surface area contributed by atoms with Crippen LogP contribution in [0.15, 0.2) is 29.3 Å². The number of hydrogen-bond acceptors (Lipinski definition) is 3. The minimum absolute atomic E-state index is 0. The molecule has 0 aliphatic carbocycles. The van der Waals surface area contributed by atoms with Gasteiger partial charge in [0.25, 0.3) is 0 Å². The maximum absolute atomic E-state index is 12.7. The van der Waals surface area contributed by atoms with E-state index >= 15 is 0 Å². The van der Waals surface area contributed by atoms with E-state index in [0.717, 1.165) is 38.4 Å². The van der Waals surface area contributed by atoms with E-state index in [1.165, 1.54) is 12.1 Å². The molecule has 1 rings (SSSR count). The van der Waals surface area contributed by atoms with Crippen molar-refractivity contribution in [1.82, 2.24) is 10.6 Å². The van der Waals surface area contributed by atoms with E-state index in [1.54, 1.807) is 19.2 Å². The number of nitrogens with one attached hydrogen (secondary N) is 2. The molecule has 1 aromatic carbocycles. The molecule has 132 valence electrons. The van der Waals surface area contributed by atoms with E-state index in [0.29, 0.717) is 19.0 Å². The quantitative estimate of drug-likeness (QED) is 0.255. The van der Waals surface area contributed by atoms with Crippen LogP contribution in [0.4, 0.5) is 4.39 Å². The van der Waals surface area contributed by atoms with Gasteiger partial charge < -0.3 is 20.1 Å². The van der Waals surface area contributed by atoms with Crippen molar-refractivity contribution in [3.8, 4) is 5.75 Å². The first-order valence-corrected chi connectivity index (χ1v) is 7.65. The number of aliphatic imine (C=N–C) groups is 1. The highest BCUT2D eigenvalue weighted by molar-refractivity contribution is 14.0.